The first-order valence-corrected chi connectivity index (χ1v) is 7.66. The topological polar surface area (TPSA) is 90.4 Å². The van der Waals surface area contributed by atoms with Gasteiger partial charge in [0.05, 0.1) is 5.02 Å². The third-order valence-corrected chi connectivity index (χ3v) is 3.58. The molecule has 0 bridgehead atoms. The minimum absolute atomic E-state index is 0.235. The molecule has 6 heteroatoms. The third-order valence-electron chi connectivity index (χ3n) is 3.30. The summed E-state index contributed by atoms with van der Waals surface area (Å²) >= 11 is 6.20. The molecule has 0 aliphatic heterocycles. The maximum Gasteiger partial charge on any atom is 0.255 e. The van der Waals surface area contributed by atoms with Crippen LogP contribution in [0.2, 0.25) is 5.02 Å². The highest BCUT2D eigenvalue weighted by molar-refractivity contribution is 6.32. The van der Waals surface area contributed by atoms with Crippen LogP contribution >= 0.6 is 11.6 Å². The summed E-state index contributed by atoms with van der Waals surface area (Å²) in [4.78, 5) is 12.3. The van der Waals surface area contributed by atoms with Gasteiger partial charge in [-0.15, -0.1) is 0 Å². The lowest BCUT2D eigenvalue weighted by Gasteiger charge is -2.12. The Bertz CT molecular complexity index is 664. The molecule has 2 aromatic carbocycles. The second kappa shape index (κ2) is 7.97. The van der Waals surface area contributed by atoms with E-state index in [9.17, 15) is 4.79 Å². The molecule has 0 unspecified atom stereocenters. The van der Waals surface area contributed by atoms with Gasteiger partial charge in [0.25, 0.3) is 5.91 Å². The van der Waals surface area contributed by atoms with Crippen molar-refractivity contribution in [3.8, 4) is 5.75 Å². The van der Waals surface area contributed by atoms with E-state index in [0.717, 1.165) is 11.1 Å². The number of carbonyl (C=O) groups excluding carboxylic acids is 1. The molecule has 0 saturated heterocycles. The molecule has 0 fully saturated rings. The molecule has 2 rings (SSSR count). The smallest absolute Gasteiger partial charge is 0.255 e. The molecule has 23 heavy (non-hydrogen) atoms. The first kappa shape index (κ1) is 17.3. The molecule has 5 nitrogen and oxygen atoms in total. The van der Waals surface area contributed by atoms with Gasteiger partial charge in [0.2, 0.25) is 0 Å². The summed E-state index contributed by atoms with van der Waals surface area (Å²) in [5, 5.41) is 3.22. The zero-order valence-corrected chi connectivity index (χ0v) is 13.7. The standard InChI is InChI=1S/C17H20ClN3O2/c1-11-8-13(9-15(18)16(11)23-7-6-19)17(22)21-14-4-2-12(10-20)3-5-14/h2-5,8-9H,6-7,10,19-20H2,1H3,(H,21,22). The molecule has 5 N–H and O–H groups in total. The summed E-state index contributed by atoms with van der Waals surface area (Å²) in [5.74, 6) is 0.321. The van der Waals surface area contributed by atoms with Gasteiger partial charge in [0.1, 0.15) is 12.4 Å². The Balaban J connectivity index is 2.15. The van der Waals surface area contributed by atoms with Crippen LogP contribution in [0.1, 0.15) is 21.5 Å². The number of rotatable bonds is 6. The number of amides is 1. The molecule has 0 radical (unpaired) electrons. The Morgan fingerprint density at radius 1 is 1.22 bits per heavy atom. The van der Waals surface area contributed by atoms with Crippen LogP contribution in [-0.4, -0.2) is 19.1 Å². The van der Waals surface area contributed by atoms with Crippen LogP contribution in [0.15, 0.2) is 36.4 Å². The number of anilines is 1. The monoisotopic (exact) mass is 333 g/mol. The van der Waals surface area contributed by atoms with Gasteiger partial charge >= 0.3 is 0 Å². The Morgan fingerprint density at radius 2 is 1.91 bits per heavy atom. The van der Waals surface area contributed by atoms with Crippen LogP contribution in [0.25, 0.3) is 0 Å². The number of nitrogens with one attached hydrogen (secondary N) is 1. The van der Waals surface area contributed by atoms with Crippen molar-refractivity contribution in [2.45, 2.75) is 13.5 Å². The lowest BCUT2D eigenvalue weighted by molar-refractivity contribution is 0.102. The summed E-state index contributed by atoms with van der Waals surface area (Å²) in [6.07, 6.45) is 0. The van der Waals surface area contributed by atoms with Crippen LogP contribution < -0.4 is 21.5 Å². The van der Waals surface area contributed by atoms with Crippen molar-refractivity contribution in [1.82, 2.24) is 0 Å². The van der Waals surface area contributed by atoms with E-state index in [0.29, 0.717) is 41.7 Å². The maximum atomic E-state index is 12.3. The molecule has 0 heterocycles. The van der Waals surface area contributed by atoms with E-state index < -0.39 is 0 Å². The average Bonchev–Trinajstić information content (AvgIpc) is 2.54. The van der Waals surface area contributed by atoms with Crippen molar-refractivity contribution in [2.75, 3.05) is 18.5 Å². The first-order valence-electron chi connectivity index (χ1n) is 7.28. The fourth-order valence-corrected chi connectivity index (χ4v) is 2.45. The largest absolute Gasteiger partial charge is 0.490 e. The van der Waals surface area contributed by atoms with Gasteiger partial charge in [-0.3, -0.25) is 4.79 Å². The van der Waals surface area contributed by atoms with Gasteiger partial charge in [-0.25, -0.2) is 0 Å². The number of benzene rings is 2. The Kier molecular flexibility index (Phi) is 5.98. The van der Waals surface area contributed by atoms with Gasteiger partial charge in [-0.05, 0) is 42.3 Å². The van der Waals surface area contributed by atoms with Crippen LogP contribution in [0.3, 0.4) is 0 Å². The van der Waals surface area contributed by atoms with Crippen molar-refractivity contribution < 1.29 is 9.53 Å². The summed E-state index contributed by atoms with van der Waals surface area (Å²) in [7, 11) is 0. The first-order chi connectivity index (χ1) is 11.0. The molecular formula is C17H20ClN3O2. The van der Waals surface area contributed by atoms with Crippen LogP contribution in [0, 0.1) is 6.92 Å². The molecule has 1 amide bonds. The normalized spacial score (nSPS) is 10.4. The lowest BCUT2D eigenvalue weighted by atomic mass is 10.1. The van der Waals surface area contributed by atoms with Crippen molar-refractivity contribution in [3.63, 3.8) is 0 Å². The number of hydrogen-bond acceptors (Lipinski definition) is 4. The Hall–Kier alpha value is -2.08. The molecule has 122 valence electrons. The minimum atomic E-state index is -0.235. The molecule has 0 aliphatic rings. The number of halogens is 1. The number of nitrogens with two attached hydrogens (primary N) is 2. The Morgan fingerprint density at radius 3 is 2.48 bits per heavy atom. The Labute approximate surface area is 140 Å². The van der Waals surface area contributed by atoms with E-state index >= 15 is 0 Å². The SMILES string of the molecule is Cc1cc(C(=O)Nc2ccc(CN)cc2)cc(Cl)c1OCCN. The zero-order chi connectivity index (χ0) is 16.8. The van der Waals surface area contributed by atoms with E-state index in [4.69, 9.17) is 27.8 Å². The van der Waals surface area contributed by atoms with Gasteiger partial charge in [0.15, 0.2) is 0 Å². The zero-order valence-electron chi connectivity index (χ0n) is 12.9. The van der Waals surface area contributed by atoms with E-state index in [1.54, 1.807) is 12.1 Å². The minimum Gasteiger partial charge on any atom is -0.490 e. The van der Waals surface area contributed by atoms with Crippen LogP contribution in [0.5, 0.6) is 5.75 Å². The number of aryl methyl sites for hydroxylation is 1. The van der Waals surface area contributed by atoms with Gasteiger partial charge in [-0.1, -0.05) is 23.7 Å². The molecular weight excluding hydrogens is 314 g/mol. The van der Waals surface area contributed by atoms with E-state index in [-0.39, 0.29) is 5.91 Å². The van der Waals surface area contributed by atoms with Gasteiger partial charge < -0.3 is 21.5 Å². The van der Waals surface area contributed by atoms with Gasteiger partial charge in [-0.2, -0.15) is 0 Å². The quantitative estimate of drug-likeness (QED) is 0.758. The maximum absolute atomic E-state index is 12.3. The highest BCUT2D eigenvalue weighted by Gasteiger charge is 2.13. The second-order valence-corrected chi connectivity index (χ2v) is 5.50. The van der Waals surface area contributed by atoms with Crippen molar-refractivity contribution >= 4 is 23.2 Å². The number of ether oxygens (including phenoxy) is 1. The average molecular weight is 334 g/mol. The second-order valence-electron chi connectivity index (χ2n) is 5.10. The molecule has 0 spiro atoms. The van der Waals surface area contributed by atoms with Gasteiger partial charge in [0, 0.05) is 24.3 Å². The molecule has 0 saturated carbocycles. The summed E-state index contributed by atoms with van der Waals surface area (Å²) in [6, 6.07) is 10.7. The molecule has 0 atom stereocenters. The summed E-state index contributed by atoms with van der Waals surface area (Å²) < 4.78 is 5.49. The van der Waals surface area contributed by atoms with E-state index in [1.165, 1.54) is 0 Å². The molecule has 2 aromatic rings. The van der Waals surface area contributed by atoms with Crippen molar-refractivity contribution in [1.29, 1.82) is 0 Å². The fraction of sp³-hybridized carbons (Fsp3) is 0.235. The summed E-state index contributed by atoms with van der Waals surface area (Å²) in [5.41, 5.74) is 13.9. The third kappa shape index (κ3) is 4.45. The van der Waals surface area contributed by atoms with Crippen LogP contribution in [0.4, 0.5) is 5.69 Å². The molecule has 0 aromatic heterocycles. The fourth-order valence-electron chi connectivity index (χ4n) is 2.13. The van der Waals surface area contributed by atoms with Crippen LogP contribution in [-0.2, 0) is 6.54 Å². The summed E-state index contributed by atoms with van der Waals surface area (Å²) in [6.45, 7) is 3.08. The highest BCUT2D eigenvalue weighted by atomic mass is 35.5. The van der Waals surface area contributed by atoms with Crippen molar-refractivity contribution in [3.05, 3.63) is 58.1 Å². The van der Waals surface area contributed by atoms with E-state index in [1.807, 2.05) is 31.2 Å². The lowest BCUT2D eigenvalue weighted by Crippen LogP contribution is -2.14. The highest BCUT2D eigenvalue weighted by Crippen LogP contribution is 2.30. The predicted octanol–water partition coefficient (Wildman–Crippen LogP) is 2.70. The van der Waals surface area contributed by atoms with Crippen molar-refractivity contribution in [2.24, 2.45) is 11.5 Å². The van der Waals surface area contributed by atoms with E-state index in [2.05, 4.69) is 5.32 Å². The number of carbonyl (C=O) groups is 1. The number of hydrogen-bond donors (Lipinski definition) is 3. The molecule has 0 aliphatic carbocycles. The predicted molar refractivity (Wildman–Crippen MR) is 93.0 cm³/mol.